The van der Waals surface area contributed by atoms with Gasteiger partial charge in [-0.15, -0.1) is 0 Å². The third-order valence-corrected chi connectivity index (χ3v) is 7.72. The molecular formula is C30H31FN4O3. The molecule has 1 aliphatic carbocycles. The number of carbonyl (C=O) groups excluding carboxylic acids is 1. The second kappa shape index (κ2) is 10.3. The van der Waals surface area contributed by atoms with Crippen molar-refractivity contribution < 1.29 is 18.7 Å². The number of halogens is 1. The Balaban J connectivity index is 1.16. The standard InChI is InChI=1S/C30H31FN4O3/c1-19(35-29(36)22-10-26(15-32-13-22)38-25-8-9-37-16-25)21-4-7-27(34-14-21)28(20-2-5-24(31)6-3-20)23-11-30(12-23)17-33-18-30/h2-7,10,13-15,19,25,33H,8-9,11-12,16-18H2,1H3,(H,35,36)/t19-,25-/m1/s1. The van der Waals surface area contributed by atoms with Crippen LogP contribution in [-0.4, -0.2) is 48.3 Å². The number of hydrogen-bond donors (Lipinski definition) is 2. The molecule has 4 heterocycles. The monoisotopic (exact) mass is 514 g/mol. The van der Waals surface area contributed by atoms with Gasteiger partial charge in [-0.25, -0.2) is 4.39 Å². The number of allylic oxidation sites excluding steroid dienone is 1. The molecule has 7 nitrogen and oxygen atoms in total. The first-order chi connectivity index (χ1) is 18.5. The van der Waals surface area contributed by atoms with Gasteiger partial charge in [0.1, 0.15) is 17.7 Å². The Morgan fingerprint density at radius 2 is 1.95 bits per heavy atom. The van der Waals surface area contributed by atoms with Crippen LogP contribution in [0.15, 0.2) is 66.6 Å². The Labute approximate surface area is 221 Å². The highest BCUT2D eigenvalue weighted by molar-refractivity contribution is 5.94. The van der Waals surface area contributed by atoms with Crippen LogP contribution in [0.25, 0.3) is 5.57 Å². The minimum Gasteiger partial charge on any atom is -0.486 e. The van der Waals surface area contributed by atoms with Crippen molar-refractivity contribution in [1.82, 2.24) is 20.6 Å². The summed E-state index contributed by atoms with van der Waals surface area (Å²) in [5, 5.41) is 6.41. The fourth-order valence-electron chi connectivity index (χ4n) is 5.49. The maximum absolute atomic E-state index is 13.6. The van der Waals surface area contributed by atoms with E-state index in [0.29, 0.717) is 29.9 Å². The second-order valence-electron chi connectivity index (χ2n) is 10.6. The SMILES string of the molecule is C[C@@H](NC(=O)c1cncc(O[C@@H]2CCOC2)c1)c1ccc(C(=C2CC3(CNC3)C2)c2ccc(F)cc2)nc1. The molecule has 1 spiro atoms. The molecule has 6 rings (SSSR count). The zero-order valence-electron chi connectivity index (χ0n) is 21.4. The first-order valence-electron chi connectivity index (χ1n) is 13.1. The molecular weight excluding hydrogens is 483 g/mol. The van der Waals surface area contributed by atoms with Gasteiger partial charge in [0.05, 0.1) is 36.7 Å². The molecule has 1 amide bonds. The molecule has 2 aliphatic heterocycles. The van der Waals surface area contributed by atoms with Gasteiger partial charge in [-0.05, 0) is 55.2 Å². The van der Waals surface area contributed by atoms with Gasteiger partial charge in [-0.1, -0.05) is 23.8 Å². The van der Waals surface area contributed by atoms with Gasteiger partial charge in [-0.2, -0.15) is 0 Å². The number of carbonyl (C=O) groups is 1. The van der Waals surface area contributed by atoms with Gasteiger partial charge in [0.15, 0.2) is 0 Å². The summed E-state index contributed by atoms with van der Waals surface area (Å²) >= 11 is 0. The van der Waals surface area contributed by atoms with E-state index in [1.807, 2.05) is 37.4 Å². The predicted octanol–water partition coefficient (Wildman–Crippen LogP) is 4.46. The molecule has 3 fully saturated rings. The summed E-state index contributed by atoms with van der Waals surface area (Å²) in [6, 6.07) is 12.1. The number of hydrogen-bond acceptors (Lipinski definition) is 6. The molecule has 2 aromatic heterocycles. The first-order valence-corrected chi connectivity index (χ1v) is 13.1. The quantitative estimate of drug-likeness (QED) is 0.484. The summed E-state index contributed by atoms with van der Waals surface area (Å²) in [7, 11) is 0. The molecule has 0 unspecified atom stereocenters. The van der Waals surface area contributed by atoms with E-state index in [1.54, 1.807) is 12.3 Å². The minimum absolute atomic E-state index is 0.00996. The molecule has 196 valence electrons. The Morgan fingerprint density at radius 1 is 1.13 bits per heavy atom. The van der Waals surface area contributed by atoms with Crippen molar-refractivity contribution in [3.8, 4) is 5.75 Å². The first kappa shape index (κ1) is 24.7. The van der Waals surface area contributed by atoms with Crippen LogP contribution >= 0.6 is 0 Å². The van der Waals surface area contributed by atoms with Gasteiger partial charge >= 0.3 is 0 Å². The van der Waals surface area contributed by atoms with E-state index < -0.39 is 0 Å². The van der Waals surface area contributed by atoms with Crippen LogP contribution in [0.4, 0.5) is 4.39 Å². The van der Waals surface area contributed by atoms with Crippen molar-refractivity contribution in [2.45, 2.75) is 38.3 Å². The van der Waals surface area contributed by atoms with Gasteiger partial charge in [0.2, 0.25) is 0 Å². The van der Waals surface area contributed by atoms with E-state index in [2.05, 4.69) is 15.6 Å². The van der Waals surface area contributed by atoms with Crippen molar-refractivity contribution in [1.29, 1.82) is 0 Å². The molecule has 2 saturated heterocycles. The van der Waals surface area contributed by atoms with Crippen molar-refractivity contribution in [3.05, 3.63) is 94.8 Å². The van der Waals surface area contributed by atoms with Crippen LogP contribution in [0.3, 0.4) is 0 Å². The van der Waals surface area contributed by atoms with E-state index in [9.17, 15) is 9.18 Å². The predicted molar refractivity (Wildman–Crippen MR) is 141 cm³/mol. The fraction of sp³-hybridized carbons (Fsp3) is 0.367. The van der Waals surface area contributed by atoms with Crippen LogP contribution in [-0.2, 0) is 4.74 Å². The van der Waals surface area contributed by atoms with Crippen LogP contribution in [0.5, 0.6) is 5.75 Å². The molecule has 1 aromatic carbocycles. The molecule has 3 aromatic rings. The molecule has 0 radical (unpaired) electrons. The Hall–Kier alpha value is -3.62. The third kappa shape index (κ3) is 5.06. The number of aromatic nitrogens is 2. The van der Waals surface area contributed by atoms with Gasteiger partial charge in [0, 0.05) is 42.9 Å². The number of pyridine rings is 2. The third-order valence-electron chi connectivity index (χ3n) is 7.72. The van der Waals surface area contributed by atoms with Gasteiger partial charge in [0.25, 0.3) is 5.91 Å². The molecule has 2 atom stereocenters. The Morgan fingerprint density at radius 3 is 2.61 bits per heavy atom. The molecule has 0 bridgehead atoms. The summed E-state index contributed by atoms with van der Waals surface area (Å²) in [4.78, 5) is 21.9. The van der Waals surface area contributed by atoms with Gasteiger partial charge in [-0.3, -0.25) is 14.8 Å². The Bertz CT molecular complexity index is 1340. The zero-order valence-corrected chi connectivity index (χ0v) is 21.4. The van der Waals surface area contributed by atoms with Crippen LogP contribution in [0, 0.1) is 11.2 Å². The normalized spacial score (nSPS) is 20.4. The van der Waals surface area contributed by atoms with E-state index >= 15 is 0 Å². The maximum atomic E-state index is 13.6. The lowest BCUT2D eigenvalue weighted by molar-refractivity contribution is 0.0938. The molecule has 3 aliphatic rings. The number of nitrogens with zero attached hydrogens (tertiary/aromatic N) is 2. The van der Waals surface area contributed by atoms with Crippen LogP contribution < -0.4 is 15.4 Å². The van der Waals surface area contributed by atoms with E-state index in [1.165, 1.54) is 23.9 Å². The minimum atomic E-state index is -0.258. The summed E-state index contributed by atoms with van der Waals surface area (Å²) < 4.78 is 24.9. The number of ether oxygens (including phenoxy) is 2. The highest BCUT2D eigenvalue weighted by atomic mass is 19.1. The molecule has 38 heavy (non-hydrogen) atoms. The maximum Gasteiger partial charge on any atom is 0.253 e. The summed E-state index contributed by atoms with van der Waals surface area (Å²) in [6.45, 7) is 5.26. The largest absolute Gasteiger partial charge is 0.486 e. The number of rotatable bonds is 7. The molecule has 8 heteroatoms. The average Bonchev–Trinajstić information content (AvgIpc) is 3.39. The van der Waals surface area contributed by atoms with E-state index in [-0.39, 0.29) is 23.9 Å². The topological polar surface area (TPSA) is 85.4 Å². The smallest absolute Gasteiger partial charge is 0.253 e. The average molecular weight is 515 g/mol. The second-order valence-corrected chi connectivity index (χ2v) is 10.6. The van der Waals surface area contributed by atoms with Gasteiger partial charge < -0.3 is 20.1 Å². The summed E-state index contributed by atoms with van der Waals surface area (Å²) in [6.07, 6.45) is 7.84. The van der Waals surface area contributed by atoms with Crippen molar-refractivity contribution >= 4 is 11.5 Å². The number of benzene rings is 1. The van der Waals surface area contributed by atoms with E-state index in [4.69, 9.17) is 14.5 Å². The molecule has 2 N–H and O–H groups in total. The van der Waals surface area contributed by atoms with Crippen LogP contribution in [0.1, 0.15) is 59.4 Å². The van der Waals surface area contributed by atoms with Crippen molar-refractivity contribution in [2.75, 3.05) is 26.3 Å². The summed E-state index contributed by atoms with van der Waals surface area (Å²) in [5.74, 6) is 0.0768. The zero-order chi connectivity index (χ0) is 26.1. The number of amides is 1. The highest BCUT2D eigenvalue weighted by Crippen LogP contribution is 2.51. The van der Waals surface area contributed by atoms with Crippen molar-refractivity contribution in [3.63, 3.8) is 0 Å². The van der Waals surface area contributed by atoms with Crippen LogP contribution in [0.2, 0.25) is 0 Å². The highest BCUT2D eigenvalue weighted by Gasteiger charge is 2.46. The lowest BCUT2D eigenvalue weighted by atomic mass is 9.60. The lowest BCUT2D eigenvalue weighted by Gasteiger charge is -2.52. The van der Waals surface area contributed by atoms with E-state index in [0.717, 1.165) is 54.7 Å². The lowest BCUT2D eigenvalue weighted by Crippen LogP contribution is -2.58. The number of nitrogens with one attached hydrogen (secondary N) is 2. The Kier molecular flexibility index (Phi) is 6.68. The molecule has 1 saturated carbocycles. The summed E-state index contributed by atoms with van der Waals surface area (Å²) in [5.41, 5.74) is 5.99. The fourth-order valence-corrected chi connectivity index (χ4v) is 5.49. The van der Waals surface area contributed by atoms with Crippen molar-refractivity contribution in [2.24, 2.45) is 5.41 Å².